The average molecular weight is 490 g/mol. The summed E-state index contributed by atoms with van der Waals surface area (Å²) in [4.78, 5) is 0. The van der Waals surface area contributed by atoms with Gasteiger partial charge in [0.2, 0.25) is 0 Å². The number of benzene rings is 6. The predicted molar refractivity (Wildman–Crippen MR) is 136 cm³/mol. The molecule has 0 N–H and O–H groups in total. The van der Waals surface area contributed by atoms with Gasteiger partial charge in [-0.1, -0.05) is 0 Å². The molecule has 0 spiro atoms. The van der Waals surface area contributed by atoms with E-state index in [1.54, 1.807) is 0 Å². The first-order chi connectivity index (χ1) is 15.4. The second-order valence-corrected chi connectivity index (χ2v) is 12.9. The quantitative estimate of drug-likeness (QED) is 0.336. The maximum atomic E-state index is 2.38. The fourth-order valence-corrected chi connectivity index (χ4v) is 11.4. The molecule has 0 aromatic heterocycles. The molecule has 6 aromatic carbocycles. The molecule has 0 saturated heterocycles. The molecule has 152 valence electrons. The number of rotatable bonds is 3. The molecule has 0 fully saturated rings. The van der Waals surface area contributed by atoms with Gasteiger partial charge in [0.05, 0.1) is 0 Å². The van der Waals surface area contributed by atoms with E-state index in [0.717, 1.165) is 0 Å². The Morgan fingerprint density at radius 3 is 0.938 bits per heavy atom. The van der Waals surface area contributed by atoms with Crippen molar-refractivity contribution in [1.29, 1.82) is 0 Å². The minimum absolute atomic E-state index is 0. The first-order valence-corrected chi connectivity index (χ1v) is 13.9. The van der Waals surface area contributed by atoms with Crippen LogP contribution in [0.4, 0.5) is 0 Å². The van der Waals surface area contributed by atoms with Gasteiger partial charge < -0.3 is 12.4 Å². The van der Waals surface area contributed by atoms with Crippen LogP contribution in [0.5, 0.6) is 0 Å². The van der Waals surface area contributed by atoms with Gasteiger partial charge in [0, 0.05) is 0 Å². The van der Waals surface area contributed by atoms with Crippen molar-refractivity contribution in [2.24, 2.45) is 0 Å². The Morgan fingerprint density at radius 2 is 0.594 bits per heavy atom. The third-order valence-electron chi connectivity index (χ3n) is 6.18. The second kappa shape index (κ2) is 8.82. The van der Waals surface area contributed by atoms with Gasteiger partial charge in [-0.3, -0.25) is 0 Å². The van der Waals surface area contributed by atoms with Crippen LogP contribution in [0, 0.1) is 0 Å². The molecule has 0 saturated carbocycles. The monoisotopic (exact) mass is 490 g/mol. The molecule has 0 aliphatic rings. The van der Waals surface area contributed by atoms with E-state index in [9.17, 15) is 0 Å². The van der Waals surface area contributed by atoms with E-state index in [0.29, 0.717) is 0 Å². The van der Waals surface area contributed by atoms with E-state index < -0.39 is 14.3 Å². The summed E-state index contributed by atoms with van der Waals surface area (Å²) in [6.07, 6.45) is 0. The van der Waals surface area contributed by atoms with Crippen molar-refractivity contribution < 1.29 is 12.4 Å². The second-order valence-electron chi connectivity index (χ2n) is 7.96. The van der Waals surface area contributed by atoms with Crippen LogP contribution in [0.3, 0.4) is 0 Å². The molecule has 0 heterocycles. The van der Waals surface area contributed by atoms with Crippen LogP contribution in [0.2, 0.25) is 0 Å². The molecule has 0 amide bonds. The minimum atomic E-state index is -2.14. The Labute approximate surface area is 199 Å². The molecule has 0 aliphatic carbocycles. The number of fused-ring (bicyclic) bond motifs is 3. The van der Waals surface area contributed by atoms with Crippen molar-refractivity contribution in [3.63, 3.8) is 0 Å². The molecule has 6 rings (SSSR count). The Morgan fingerprint density at radius 1 is 0.312 bits per heavy atom. The summed E-state index contributed by atoms with van der Waals surface area (Å²) in [7, 11) is 0. The molecule has 32 heavy (non-hydrogen) atoms. The molecule has 2 heteroatoms. The van der Waals surface area contributed by atoms with Crippen molar-refractivity contribution in [2.45, 2.75) is 0 Å². The summed E-state index contributed by atoms with van der Waals surface area (Å²) in [6.45, 7) is 0. The SMILES string of the molecule is [Cl-].c1ccc2[c]([Ge+]([c]3cccc4ccccc34)[c]3cccc4ccccc34)cccc2c1. The standard InChI is InChI=1S/C30H21Ge.ClH/c1-4-16-25-22(10-1)13-7-19-28(25)31(29-20-8-14-23-11-2-5-17-26(23)29)30-21-9-15-24-12-3-6-18-27(24)30;/h1-21H;1H/q+1;/p-1. The fraction of sp³-hybridized carbons (Fsp3) is 0. The Hall–Kier alpha value is -3.07. The van der Waals surface area contributed by atoms with Crippen LogP contribution in [-0.2, 0) is 0 Å². The van der Waals surface area contributed by atoms with Crippen LogP contribution in [0.25, 0.3) is 32.3 Å². The fourth-order valence-electron chi connectivity index (χ4n) is 4.77. The summed E-state index contributed by atoms with van der Waals surface area (Å²) in [6, 6.07) is 47.1. The summed E-state index contributed by atoms with van der Waals surface area (Å²) in [5.41, 5.74) is 0. The normalized spacial score (nSPS) is 10.9. The third-order valence-corrected chi connectivity index (χ3v) is 12.3. The Bertz CT molecular complexity index is 1350. The maximum absolute atomic E-state index is 2.38. The number of halogens is 1. The molecular weight excluding hydrogens is 468 g/mol. The van der Waals surface area contributed by atoms with Crippen molar-refractivity contribution in [1.82, 2.24) is 0 Å². The third kappa shape index (κ3) is 3.50. The van der Waals surface area contributed by atoms with Gasteiger partial charge in [0.25, 0.3) is 0 Å². The van der Waals surface area contributed by atoms with Crippen molar-refractivity contribution in [2.75, 3.05) is 0 Å². The Kier molecular flexibility index (Phi) is 5.74. The first-order valence-electron chi connectivity index (χ1n) is 10.7. The van der Waals surface area contributed by atoms with E-state index >= 15 is 0 Å². The van der Waals surface area contributed by atoms with Crippen LogP contribution in [0.15, 0.2) is 127 Å². The number of hydrogen-bond donors (Lipinski definition) is 0. The summed E-state index contributed by atoms with van der Waals surface area (Å²) >= 11 is -2.14. The van der Waals surface area contributed by atoms with Crippen molar-refractivity contribution >= 4 is 59.9 Å². The predicted octanol–water partition coefficient (Wildman–Crippen LogP) is 2.67. The molecule has 0 aliphatic heterocycles. The summed E-state index contributed by atoms with van der Waals surface area (Å²) in [5.74, 6) is 0. The van der Waals surface area contributed by atoms with Gasteiger partial charge in [0.1, 0.15) is 0 Å². The van der Waals surface area contributed by atoms with E-state index in [2.05, 4.69) is 127 Å². The Balaban J connectivity index is 0.00000216. The van der Waals surface area contributed by atoms with Crippen molar-refractivity contribution in [3.05, 3.63) is 127 Å². The van der Waals surface area contributed by atoms with Gasteiger partial charge in [-0.05, 0) is 0 Å². The molecular formula is C30H21ClGe. The number of hydrogen-bond acceptors (Lipinski definition) is 0. The van der Waals surface area contributed by atoms with Crippen LogP contribution < -0.4 is 25.6 Å². The topological polar surface area (TPSA) is 0 Å². The molecule has 0 radical (unpaired) electrons. The summed E-state index contributed by atoms with van der Waals surface area (Å²) < 4.78 is 4.56. The van der Waals surface area contributed by atoms with Gasteiger partial charge in [-0.25, -0.2) is 0 Å². The molecule has 0 nitrogen and oxygen atoms in total. The van der Waals surface area contributed by atoms with Gasteiger partial charge in [0.15, 0.2) is 0 Å². The zero-order chi connectivity index (χ0) is 20.6. The molecule has 0 unspecified atom stereocenters. The zero-order valence-corrected chi connectivity index (χ0v) is 20.4. The van der Waals surface area contributed by atoms with E-state index in [1.165, 1.54) is 45.5 Å². The van der Waals surface area contributed by atoms with Crippen LogP contribution in [0.1, 0.15) is 0 Å². The first kappa shape index (κ1) is 20.8. The van der Waals surface area contributed by atoms with Crippen molar-refractivity contribution in [3.8, 4) is 0 Å². The van der Waals surface area contributed by atoms with E-state index in [1.807, 2.05) is 0 Å². The van der Waals surface area contributed by atoms with E-state index in [4.69, 9.17) is 0 Å². The summed E-state index contributed by atoms with van der Waals surface area (Å²) in [5, 5.41) is 8.14. The van der Waals surface area contributed by atoms with Gasteiger partial charge in [-0.15, -0.1) is 0 Å². The van der Waals surface area contributed by atoms with Gasteiger partial charge >= 0.3 is 187 Å². The zero-order valence-electron chi connectivity index (χ0n) is 17.5. The van der Waals surface area contributed by atoms with Gasteiger partial charge in [-0.2, -0.15) is 0 Å². The van der Waals surface area contributed by atoms with Crippen LogP contribution in [-0.4, -0.2) is 14.3 Å². The molecule has 0 bridgehead atoms. The molecule has 0 atom stereocenters. The van der Waals surface area contributed by atoms with E-state index in [-0.39, 0.29) is 12.4 Å². The van der Waals surface area contributed by atoms with Crippen LogP contribution >= 0.6 is 0 Å². The average Bonchev–Trinajstić information content (AvgIpc) is 2.85. The molecule has 6 aromatic rings.